The molecule has 94 valence electrons. The summed E-state index contributed by atoms with van der Waals surface area (Å²) in [5, 5.41) is 7.80. The number of aromatic amines is 1. The highest BCUT2D eigenvalue weighted by atomic mass is 16.2. The zero-order valence-electron chi connectivity index (χ0n) is 10.1. The van der Waals surface area contributed by atoms with Crippen LogP contribution < -0.4 is 5.73 Å². The quantitative estimate of drug-likeness (QED) is 0.831. The number of amides is 1. The molecule has 0 aliphatic carbocycles. The van der Waals surface area contributed by atoms with Gasteiger partial charge in [-0.25, -0.2) is 0 Å². The second-order valence-electron chi connectivity index (χ2n) is 4.70. The van der Waals surface area contributed by atoms with Crippen molar-refractivity contribution in [3.63, 3.8) is 0 Å². The maximum Gasteiger partial charge on any atom is 0.254 e. The number of nitrogens with one attached hydrogen (secondary N) is 1. The second-order valence-corrected chi connectivity index (χ2v) is 4.70. The van der Waals surface area contributed by atoms with Gasteiger partial charge >= 0.3 is 0 Å². The molecule has 1 saturated heterocycles. The van der Waals surface area contributed by atoms with E-state index in [9.17, 15) is 4.79 Å². The van der Waals surface area contributed by atoms with Crippen LogP contribution in [0.2, 0.25) is 0 Å². The van der Waals surface area contributed by atoms with Crippen LogP contribution in [0.5, 0.6) is 0 Å². The summed E-state index contributed by atoms with van der Waals surface area (Å²) >= 11 is 0. The Morgan fingerprint density at radius 2 is 2.44 bits per heavy atom. The lowest BCUT2D eigenvalue weighted by Gasteiger charge is -2.23. The van der Waals surface area contributed by atoms with Crippen molar-refractivity contribution in [3.05, 3.63) is 30.0 Å². The number of benzene rings is 1. The SMILES string of the molecule is NCC1CCCN1C(=O)c1ccc2[nH]ncc2c1. The topological polar surface area (TPSA) is 75.0 Å². The van der Waals surface area contributed by atoms with Crippen molar-refractivity contribution in [3.8, 4) is 0 Å². The van der Waals surface area contributed by atoms with E-state index in [1.54, 1.807) is 6.20 Å². The van der Waals surface area contributed by atoms with Crippen LogP contribution in [0.4, 0.5) is 0 Å². The maximum atomic E-state index is 12.4. The van der Waals surface area contributed by atoms with Gasteiger partial charge in [0.2, 0.25) is 0 Å². The third-order valence-electron chi connectivity index (χ3n) is 3.60. The molecule has 2 heterocycles. The first-order chi connectivity index (χ1) is 8.79. The molecule has 2 aromatic rings. The predicted octanol–water partition coefficient (Wildman–Crippen LogP) is 1.13. The van der Waals surface area contributed by atoms with Crippen LogP contribution in [0.1, 0.15) is 23.2 Å². The molecule has 1 amide bonds. The number of rotatable bonds is 2. The molecule has 1 aliphatic rings. The van der Waals surface area contributed by atoms with Crippen LogP contribution in [0.15, 0.2) is 24.4 Å². The largest absolute Gasteiger partial charge is 0.334 e. The Hall–Kier alpha value is -1.88. The van der Waals surface area contributed by atoms with Gasteiger partial charge in [-0.3, -0.25) is 9.89 Å². The number of H-pyrrole nitrogens is 1. The lowest BCUT2D eigenvalue weighted by atomic mass is 10.1. The molecular weight excluding hydrogens is 228 g/mol. The molecule has 5 nitrogen and oxygen atoms in total. The number of nitrogens with two attached hydrogens (primary N) is 1. The van der Waals surface area contributed by atoms with E-state index in [4.69, 9.17) is 5.73 Å². The zero-order chi connectivity index (χ0) is 12.5. The number of nitrogens with zero attached hydrogens (tertiary/aromatic N) is 2. The Kier molecular flexibility index (Phi) is 2.76. The highest BCUT2D eigenvalue weighted by Gasteiger charge is 2.28. The average Bonchev–Trinajstić information content (AvgIpc) is 3.05. The van der Waals surface area contributed by atoms with Crippen molar-refractivity contribution in [1.82, 2.24) is 15.1 Å². The van der Waals surface area contributed by atoms with Crippen LogP contribution in [0.25, 0.3) is 10.9 Å². The number of aromatic nitrogens is 2. The van der Waals surface area contributed by atoms with Gasteiger partial charge in [0.1, 0.15) is 0 Å². The van der Waals surface area contributed by atoms with E-state index >= 15 is 0 Å². The minimum absolute atomic E-state index is 0.0750. The Bertz CT molecular complexity index is 577. The third-order valence-corrected chi connectivity index (χ3v) is 3.60. The van der Waals surface area contributed by atoms with Gasteiger partial charge in [-0.2, -0.15) is 5.10 Å². The number of carbonyl (C=O) groups is 1. The van der Waals surface area contributed by atoms with Crippen LogP contribution in [0.3, 0.4) is 0 Å². The van der Waals surface area contributed by atoms with Gasteiger partial charge in [-0.1, -0.05) is 0 Å². The van der Waals surface area contributed by atoms with Gasteiger partial charge in [0.25, 0.3) is 5.91 Å². The molecule has 1 aliphatic heterocycles. The van der Waals surface area contributed by atoms with Crippen molar-refractivity contribution in [2.24, 2.45) is 5.73 Å². The molecule has 1 atom stereocenters. The van der Waals surface area contributed by atoms with Crippen LogP contribution in [0, 0.1) is 0 Å². The fourth-order valence-electron chi connectivity index (χ4n) is 2.59. The number of carbonyl (C=O) groups excluding carboxylic acids is 1. The third kappa shape index (κ3) is 1.76. The fraction of sp³-hybridized carbons (Fsp3) is 0.385. The Labute approximate surface area is 105 Å². The van der Waals surface area contributed by atoms with E-state index in [2.05, 4.69) is 10.2 Å². The summed E-state index contributed by atoms with van der Waals surface area (Å²) < 4.78 is 0. The van der Waals surface area contributed by atoms with Crippen LogP contribution >= 0.6 is 0 Å². The lowest BCUT2D eigenvalue weighted by Crippen LogP contribution is -2.39. The molecule has 0 saturated carbocycles. The van der Waals surface area contributed by atoms with Crippen molar-refractivity contribution in [2.45, 2.75) is 18.9 Å². The predicted molar refractivity (Wildman–Crippen MR) is 69.2 cm³/mol. The smallest absolute Gasteiger partial charge is 0.254 e. The van der Waals surface area contributed by atoms with Crippen LogP contribution in [-0.4, -0.2) is 40.1 Å². The standard InChI is InChI=1S/C13H16N4O/c14-7-11-2-1-5-17(11)13(18)9-3-4-12-10(6-9)8-15-16-12/h3-4,6,8,11H,1-2,5,7,14H2,(H,15,16). The van der Waals surface area contributed by atoms with E-state index in [0.717, 1.165) is 30.3 Å². The normalized spacial score (nSPS) is 19.6. The molecular formula is C13H16N4O. The van der Waals surface area contributed by atoms with Gasteiger partial charge in [0.05, 0.1) is 11.7 Å². The Morgan fingerprint density at radius 1 is 1.56 bits per heavy atom. The molecule has 0 radical (unpaired) electrons. The lowest BCUT2D eigenvalue weighted by molar-refractivity contribution is 0.0741. The molecule has 0 spiro atoms. The summed E-state index contributed by atoms with van der Waals surface area (Å²) in [7, 11) is 0. The molecule has 0 bridgehead atoms. The summed E-state index contributed by atoms with van der Waals surface area (Å²) in [6, 6.07) is 5.81. The monoisotopic (exact) mass is 244 g/mol. The molecule has 3 rings (SSSR count). The molecule has 3 N–H and O–H groups in total. The van der Waals surface area contributed by atoms with Gasteiger partial charge < -0.3 is 10.6 Å². The first-order valence-corrected chi connectivity index (χ1v) is 6.24. The first-order valence-electron chi connectivity index (χ1n) is 6.24. The van der Waals surface area contributed by atoms with E-state index in [0.29, 0.717) is 12.1 Å². The van der Waals surface area contributed by atoms with Gasteiger partial charge in [0.15, 0.2) is 0 Å². The summed E-state index contributed by atoms with van der Waals surface area (Å²) in [5.41, 5.74) is 7.37. The molecule has 1 aromatic carbocycles. The van der Waals surface area contributed by atoms with Crippen molar-refractivity contribution < 1.29 is 4.79 Å². The van der Waals surface area contributed by atoms with Crippen molar-refractivity contribution in [2.75, 3.05) is 13.1 Å². The first kappa shape index (κ1) is 11.2. The molecule has 1 unspecified atom stereocenters. The van der Waals surface area contributed by atoms with Crippen molar-refractivity contribution >= 4 is 16.8 Å². The summed E-state index contributed by atoms with van der Waals surface area (Å²) in [6.45, 7) is 1.35. The number of likely N-dealkylation sites (tertiary alicyclic amines) is 1. The van der Waals surface area contributed by atoms with E-state index in [1.807, 2.05) is 23.1 Å². The number of fused-ring (bicyclic) bond motifs is 1. The molecule has 18 heavy (non-hydrogen) atoms. The number of hydrogen-bond donors (Lipinski definition) is 2. The second kappa shape index (κ2) is 4.42. The van der Waals surface area contributed by atoms with Crippen LogP contribution in [-0.2, 0) is 0 Å². The van der Waals surface area contributed by atoms with Gasteiger partial charge in [-0.05, 0) is 31.0 Å². The minimum atomic E-state index is 0.0750. The summed E-state index contributed by atoms with van der Waals surface area (Å²) in [4.78, 5) is 14.3. The molecule has 5 heteroatoms. The zero-order valence-corrected chi connectivity index (χ0v) is 10.1. The van der Waals surface area contributed by atoms with E-state index in [-0.39, 0.29) is 11.9 Å². The summed E-state index contributed by atoms with van der Waals surface area (Å²) in [6.07, 6.45) is 3.79. The molecule has 1 fully saturated rings. The van der Waals surface area contributed by atoms with E-state index in [1.165, 1.54) is 0 Å². The Morgan fingerprint density at radius 3 is 3.28 bits per heavy atom. The average molecular weight is 244 g/mol. The van der Waals surface area contributed by atoms with Crippen molar-refractivity contribution in [1.29, 1.82) is 0 Å². The van der Waals surface area contributed by atoms with Gasteiger partial charge in [-0.15, -0.1) is 0 Å². The highest BCUT2D eigenvalue weighted by Crippen LogP contribution is 2.21. The van der Waals surface area contributed by atoms with Gasteiger partial charge in [0, 0.05) is 30.1 Å². The maximum absolute atomic E-state index is 12.4. The highest BCUT2D eigenvalue weighted by molar-refractivity contribution is 5.98. The fourth-order valence-corrected chi connectivity index (χ4v) is 2.59. The van der Waals surface area contributed by atoms with E-state index < -0.39 is 0 Å². The molecule has 1 aromatic heterocycles. The minimum Gasteiger partial charge on any atom is -0.334 e. The summed E-state index contributed by atoms with van der Waals surface area (Å²) in [5.74, 6) is 0.0750. The number of hydrogen-bond acceptors (Lipinski definition) is 3. The Balaban J connectivity index is 1.91.